The van der Waals surface area contributed by atoms with E-state index in [0.29, 0.717) is 38.0 Å². The molecule has 2 fully saturated rings. The first-order valence-electron chi connectivity index (χ1n) is 13.0. The Kier molecular flexibility index (Phi) is 7.11. The average molecular weight is 497 g/mol. The third kappa shape index (κ3) is 5.60. The first-order valence-corrected chi connectivity index (χ1v) is 13.0. The summed E-state index contributed by atoms with van der Waals surface area (Å²) < 4.78 is 5.89. The zero-order chi connectivity index (χ0) is 25.7. The molecule has 2 N–H and O–H groups in total. The molecule has 3 aromatic carbocycles. The number of hydrogen-bond donors (Lipinski definition) is 2. The molecule has 1 atom stereocenters. The number of likely N-dealkylation sites (tertiary alicyclic amines) is 1. The van der Waals surface area contributed by atoms with Crippen LogP contribution in [-0.2, 0) is 16.1 Å². The standard InChI is InChI=1S/C30H32N4O3/c31-21-29(17-18-34(22-29)20-23-9-3-1-4-10-23)33-27(35)30(15-7-2-8-16-30)37-28(36)32-26-14-13-24-11-5-6-12-25(24)19-26/h1,3-6,9-14,19H,2,7-8,15-18,20,22H2,(H,32,36)(H,33,35). The quantitative estimate of drug-likeness (QED) is 0.478. The fourth-order valence-corrected chi connectivity index (χ4v) is 5.50. The van der Waals surface area contributed by atoms with Crippen LogP contribution in [0.15, 0.2) is 72.8 Å². The maximum atomic E-state index is 13.7. The number of nitrogens with one attached hydrogen (secondary N) is 2. The number of nitriles is 1. The van der Waals surface area contributed by atoms with Gasteiger partial charge in [-0.05, 0) is 60.6 Å². The van der Waals surface area contributed by atoms with Crippen LogP contribution in [0.25, 0.3) is 10.8 Å². The summed E-state index contributed by atoms with van der Waals surface area (Å²) in [5.74, 6) is -0.371. The number of nitrogens with zero attached hydrogens (tertiary/aromatic N) is 2. The van der Waals surface area contributed by atoms with Gasteiger partial charge in [0.2, 0.25) is 0 Å². The number of amides is 2. The van der Waals surface area contributed by atoms with Gasteiger partial charge < -0.3 is 10.1 Å². The highest BCUT2D eigenvalue weighted by Gasteiger charge is 2.48. The van der Waals surface area contributed by atoms with Gasteiger partial charge in [-0.25, -0.2) is 4.79 Å². The Morgan fingerprint density at radius 2 is 1.65 bits per heavy atom. The number of rotatable bonds is 6. The highest BCUT2D eigenvalue weighted by molar-refractivity contribution is 5.94. The van der Waals surface area contributed by atoms with Gasteiger partial charge in [-0.2, -0.15) is 5.26 Å². The van der Waals surface area contributed by atoms with Crippen LogP contribution in [0.5, 0.6) is 0 Å². The van der Waals surface area contributed by atoms with Gasteiger partial charge in [0.1, 0.15) is 5.54 Å². The molecule has 7 heteroatoms. The molecule has 7 nitrogen and oxygen atoms in total. The second-order valence-electron chi connectivity index (χ2n) is 10.2. The Morgan fingerprint density at radius 1 is 0.919 bits per heavy atom. The molecular formula is C30H32N4O3. The largest absolute Gasteiger partial charge is 0.433 e. The first-order chi connectivity index (χ1) is 18.0. The van der Waals surface area contributed by atoms with E-state index >= 15 is 0 Å². The summed E-state index contributed by atoms with van der Waals surface area (Å²) >= 11 is 0. The fourth-order valence-electron chi connectivity index (χ4n) is 5.50. The Hall–Kier alpha value is -3.89. The van der Waals surface area contributed by atoms with Crippen molar-refractivity contribution in [2.45, 2.75) is 56.2 Å². The Morgan fingerprint density at radius 3 is 2.41 bits per heavy atom. The van der Waals surface area contributed by atoms with Crippen LogP contribution >= 0.6 is 0 Å². The summed E-state index contributed by atoms with van der Waals surface area (Å²) in [6.07, 6.45) is 3.32. The van der Waals surface area contributed by atoms with Crippen LogP contribution in [0, 0.1) is 11.3 Å². The van der Waals surface area contributed by atoms with Crippen molar-refractivity contribution in [3.05, 3.63) is 78.4 Å². The van der Waals surface area contributed by atoms with E-state index in [-0.39, 0.29) is 5.91 Å². The lowest BCUT2D eigenvalue weighted by Crippen LogP contribution is -2.59. The molecular weight excluding hydrogens is 464 g/mol. The Labute approximate surface area is 217 Å². The van der Waals surface area contributed by atoms with Gasteiger partial charge in [-0.3, -0.25) is 15.0 Å². The van der Waals surface area contributed by atoms with E-state index in [1.807, 2.05) is 60.7 Å². The molecule has 1 unspecified atom stereocenters. The van der Waals surface area contributed by atoms with Crippen LogP contribution in [0.2, 0.25) is 0 Å². The van der Waals surface area contributed by atoms with E-state index in [1.165, 1.54) is 5.56 Å². The van der Waals surface area contributed by atoms with Gasteiger partial charge >= 0.3 is 6.09 Å². The number of ether oxygens (including phenoxy) is 1. The van der Waals surface area contributed by atoms with Crippen molar-refractivity contribution in [3.63, 3.8) is 0 Å². The lowest BCUT2D eigenvalue weighted by atomic mass is 9.83. The highest BCUT2D eigenvalue weighted by atomic mass is 16.6. The molecule has 1 aliphatic heterocycles. The van der Waals surface area contributed by atoms with Crippen molar-refractivity contribution in [3.8, 4) is 6.07 Å². The number of anilines is 1. The molecule has 2 aliphatic rings. The summed E-state index contributed by atoms with van der Waals surface area (Å²) in [7, 11) is 0. The lowest BCUT2D eigenvalue weighted by molar-refractivity contribution is -0.144. The molecule has 0 aromatic heterocycles. The summed E-state index contributed by atoms with van der Waals surface area (Å²) in [4.78, 5) is 28.8. The van der Waals surface area contributed by atoms with Gasteiger partial charge in [0.15, 0.2) is 5.60 Å². The molecule has 0 bridgehead atoms. The van der Waals surface area contributed by atoms with Gasteiger partial charge in [-0.1, -0.05) is 67.1 Å². The topological polar surface area (TPSA) is 94.5 Å². The molecule has 1 aliphatic carbocycles. The van der Waals surface area contributed by atoms with Crippen molar-refractivity contribution in [1.29, 1.82) is 5.26 Å². The predicted molar refractivity (Wildman–Crippen MR) is 143 cm³/mol. The van der Waals surface area contributed by atoms with Crippen molar-refractivity contribution < 1.29 is 14.3 Å². The molecule has 0 radical (unpaired) electrons. The summed E-state index contributed by atoms with van der Waals surface area (Å²) in [5, 5.41) is 18.0. The van der Waals surface area contributed by atoms with Gasteiger partial charge in [0.05, 0.1) is 6.07 Å². The molecule has 0 spiro atoms. The molecule has 2 amide bonds. The predicted octanol–water partition coefficient (Wildman–Crippen LogP) is 5.38. The van der Waals surface area contributed by atoms with Crippen molar-refractivity contribution >= 4 is 28.5 Å². The monoisotopic (exact) mass is 496 g/mol. The van der Waals surface area contributed by atoms with E-state index in [4.69, 9.17) is 4.74 Å². The number of fused-ring (bicyclic) bond motifs is 1. The third-order valence-electron chi connectivity index (χ3n) is 7.52. The van der Waals surface area contributed by atoms with E-state index in [2.05, 4.69) is 33.7 Å². The van der Waals surface area contributed by atoms with Crippen molar-refractivity contribution in [1.82, 2.24) is 10.2 Å². The van der Waals surface area contributed by atoms with Gasteiger partial charge in [0, 0.05) is 25.3 Å². The summed E-state index contributed by atoms with van der Waals surface area (Å²) in [5.41, 5.74) is -0.513. The zero-order valence-corrected chi connectivity index (χ0v) is 20.9. The van der Waals surface area contributed by atoms with E-state index in [1.54, 1.807) is 0 Å². The number of hydrogen-bond acceptors (Lipinski definition) is 5. The summed E-state index contributed by atoms with van der Waals surface area (Å²) in [6, 6.07) is 26.0. The first kappa shape index (κ1) is 24.8. The summed E-state index contributed by atoms with van der Waals surface area (Å²) in [6.45, 7) is 1.86. The van der Waals surface area contributed by atoms with Crippen LogP contribution in [-0.4, -0.2) is 41.1 Å². The SMILES string of the molecule is N#CC1(NC(=O)C2(OC(=O)Nc3ccc4ccccc4c3)CCCCC2)CCN(Cc2ccccc2)C1. The van der Waals surface area contributed by atoms with Crippen molar-refractivity contribution in [2.75, 3.05) is 18.4 Å². The van der Waals surface area contributed by atoms with E-state index in [9.17, 15) is 14.9 Å². The Balaban J connectivity index is 1.27. The van der Waals surface area contributed by atoms with Gasteiger partial charge in [-0.15, -0.1) is 0 Å². The number of carbonyl (C=O) groups is 2. The minimum atomic E-state index is -1.28. The molecule has 190 valence electrons. The average Bonchev–Trinajstić information content (AvgIpc) is 3.32. The smallest absolute Gasteiger partial charge is 0.412 e. The lowest BCUT2D eigenvalue weighted by Gasteiger charge is -2.37. The normalized spacial score (nSPS) is 21.2. The maximum Gasteiger partial charge on any atom is 0.412 e. The number of carbonyl (C=O) groups excluding carboxylic acids is 2. The minimum Gasteiger partial charge on any atom is -0.433 e. The minimum absolute atomic E-state index is 0.371. The Bertz CT molecular complexity index is 1310. The second kappa shape index (κ2) is 10.6. The molecule has 1 saturated heterocycles. The second-order valence-corrected chi connectivity index (χ2v) is 10.2. The molecule has 3 aromatic rings. The fraction of sp³-hybridized carbons (Fsp3) is 0.367. The number of benzene rings is 3. The van der Waals surface area contributed by atoms with Crippen molar-refractivity contribution in [2.24, 2.45) is 0 Å². The van der Waals surface area contributed by atoms with Crippen LogP contribution in [0.1, 0.15) is 44.1 Å². The van der Waals surface area contributed by atoms with Crippen LogP contribution in [0.3, 0.4) is 0 Å². The third-order valence-corrected chi connectivity index (χ3v) is 7.52. The molecule has 1 heterocycles. The molecule has 1 saturated carbocycles. The van der Waals surface area contributed by atoms with E-state index < -0.39 is 17.2 Å². The van der Waals surface area contributed by atoms with Crippen LogP contribution < -0.4 is 10.6 Å². The van der Waals surface area contributed by atoms with Gasteiger partial charge in [0.25, 0.3) is 5.91 Å². The van der Waals surface area contributed by atoms with E-state index in [0.717, 1.165) is 36.6 Å². The van der Waals surface area contributed by atoms with Crippen LogP contribution in [0.4, 0.5) is 10.5 Å². The molecule has 37 heavy (non-hydrogen) atoms. The zero-order valence-electron chi connectivity index (χ0n) is 20.9. The molecule has 5 rings (SSSR count). The maximum absolute atomic E-state index is 13.7. The highest BCUT2D eigenvalue weighted by Crippen LogP contribution is 2.34.